The first-order valence-corrected chi connectivity index (χ1v) is 32.7. The molecule has 2 aromatic heterocycles. The van der Waals surface area contributed by atoms with Crippen molar-refractivity contribution >= 4 is 86.7 Å². The monoisotopic (exact) mass is 1250 g/mol. The SMILES string of the molecule is c1ccc2c(c1)OCC(c1c3nc(c(C4COc5ccccc5O4)c4[nH]c(c(C5COc6ccccc6O5)c5nc(c(C6COc7ccccc7O6)c6[nH]c1c1cc7ccccc7cc61)-c1cc6ccccc6cc1-5)c1cc5ccccc5cc41)-c1cc4ccccc4cc1-3)O2. The summed E-state index contributed by atoms with van der Waals surface area (Å²) in [5.74, 6) is 5.17. The van der Waals surface area contributed by atoms with E-state index in [0.717, 1.165) is 131 Å². The highest BCUT2D eigenvalue weighted by Crippen LogP contribution is 2.55. The zero-order valence-electron chi connectivity index (χ0n) is 51.4. The number of nitrogens with one attached hydrogen (secondary N) is 2. The fraction of sp³-hybridized carbons (Fsp3) is 0.0952. The summed E-state index contributed by atoms with van der Waals surface area (Å²) in [5.41, 5.74) is 12.9. The van der Waals surface area contributed by atoms with Gasteiger partial charge in [-0.3, -0.25) is 0 Å². The van der Waals surface area contributed by atoms with Crippen LogP contribution in [0.4, 0.5) is 0 Å². The summed E-state index contributed by atoms with van der Waals surface area (Å²) in [7, 11) is 0. The Bertz CT molecular complexity index is 5350. The molecule has 14 aromatic rings. The maximum Gasteiger partial charge on any atom is 0.162 e. The van der Waals surface area contributed by atoms with Gasteiger partial charge in [-0.15, -0.1) is 0 Å². The van der Waals surface area contributed by atoms with Crippen LogP contribution >= 0.6 is 0 Å². The molecule has 21 rings (SSSR count). The third kappa shape index (κ3) is 8.14. The Hall–Kier alpha value is -12.3. The van der Waals surface area contributed by atoms with E-state index in [0.29, 0.717) is 68.8 Å². The van der Waals surface area contributed by atoms with Crippen molar-refractivity contribution in [1.82, 2.24) is 19.9 Å². The first-order valence-electron chi connectivity index (χ1n) is 32.7. The summed E-state index contributed by atoms with van der Waals surface area (Å²) in [6, 6.07) is 84.2. The zero-order valence-corrected chi connectivity index (χ0v) is 51.4. The predicted octanol–water partition coefficient (Wildman–Crippen LogP) is 20.0. The molecule has 12 nitrogen and oxygen atoms in total. The number of aromatic amines is 2. The molecule has 96 heavy (non-hydrogen) atoms. The fourth-order valence-corrected chi connectivity index (χ4v) is 15.6. The summed E-state index contributed by atoms with van der Waals surface area (Å²) in [4.78, 5) is 21.0. The van der Waals surface area contributed by atoms with Crippen LogP contribution in [0, 0.1) is 0 Å². The normalized spacial score (nSPS) is 17.2. The largest absolute Gasteiger partial charge is 0.485 e. The molecule has 2 N–H and O–H groups in total. The number of H-pyrrole nitrogens is 2. The predicted molar refractivity (Wildman–Crippen MR) is 376 cm³/mol. The number of hydrogen-bond donors (Lipinski definition) is 2. The number of benzene rings is 12. The van der Waals surface area contributed by atoms with Crippen molar-refractivity contribution in [1.29, 1.82) is 0 Å². The van der Waals surface area contributed by atoms with Crippen molar-refractivity contribution in [3.63, 3.8) is 0 Å². The molecule has 0 spiro atoms. The Morgan fingerprint density at radius 2 is 0.438 bits per heavy atom. The van der Waals surface area contributed by atoms with Crippen molar-refractivity contribution < 1.29 is 37.9 Å². The van der Waals surface area contributed by atoms with E-state index in [2.05, 4.69) is 156 Å². The van der Waals surface area contributed by atoms with E-state index in [1.165, 1.54) is 0 Å². The van der Waals surface area contributed by atoms with Crippen LogP contribution in [0.2, 0.25) is 0 Å². The second-order valence-corrected chi connectivity index (χ2v) is 25.5. The van der Waals surface area contributed by atoms with Crippen LogP contribution in [-0.2, 0) is 0 Å². The van der Waals surface area contributed by atoms with E-state index in [-0.39, 0.29) is 26.4 Å². The Kier molecular flexibility index (Phi) is 11.4. The van der Waals surface area contributed by atoms with Crippen LogP contribution in [0.25, 0.3) is 132 Å². The average Bonchev–Trinajstić information content (AvgIpc) is 1.55. The lowest BCUT2D eigenvalue weighted by Gasteiger charge is -2.28. The number of para-hydroxylation sites is 8. The highest BCUT2D eigenvalue weighted by Gasteiger charge is 2.40. The Balaban J connectivity index is 1.03. The molecule has 6 aliphatic heterocycles. The van der Waals surface area contributed by atoms with Crippen LogP contribution in [-0.4, -0.2) is 46.4 Å². The zero-order chi connectivity index (χ0) is 62.7. The van der Waals surface area contributed by atoms with Crippen molar-refractivity contribution in [2.24, 2.45) is 0 Å². The van der Waals surface area contributed by atoms with Gasteiger partial charge in [0.25, 0.3) is 0 Å². The third-order valence-electron chi connectivity index (χ3n) is 20.0. The minimum absolute atomic E-state index is 0.173. The van der Waals surface area contributed by atoms with Gasteiger partial charge in [-0.2, -0.15) is 0 Å². The van der Waals surface area contributed by atoms with E-state index in [1.807, 2.05) is 97.1 Å². The number of aromatic nitrogens is 4. The molecular formula is C84H54N4O8. The summed E-state index contributed by atoms with van der Waals surface area (Å²) in [5, 5.41) is 12.2. The minimum Gasteiger partial charge on any atom is -0.485 e. The Morgan fingerprint density at radius 1 is 0.240 bits per heavy atom. The number of rotatable bonds is 4. The minimum atomic E-state index is -0.716. The highest BCUT2D eigenvalue weighted by atomic mass is 16.6. The third-order valence-corrected chi connectivity index (χ3v) is 20.0. The van der Waals surface area contributed by atoms with Crippen LogP contribution in [0.3, 0.4) is 0 Å². The number of nitrogens with zero attached hydrogens (tertiary/aromatic N) is 2. The molecule has 0 fully saturated rings. The van der Waals surface area contributed by atoms with E-state index < -0.39 is 24.4 Å². The van der Waals surface area contributed by atoms with Gasteiger partial charge < -0.3 is 47.9 Å². The maximum absolute atomic E-state index is 7.41. The molecule has 0 amide bonds. The van der Waals surface area contributed by atoms with Crippen LogP contribution < -0.4 is 37.9 Å². The molecule has 4 atom stereocenters. The van der Waals surface area contributed by atoms with Gasteiger partial charge in [-0.05, 0) is 140 Å². The molecule has 458 valence electrons. The van der Waals surface area contributed by atoms with E-state index >= 15 is 0 Å². The molecule has 0 saturated heterocycles. The van der Waals surface area contributed by atoms with Gasteiger partial charge >= 0.3 is 0 Å². The molecule has 8 bridgehead atoms. The first-order chi connectivity index (χ1) is 47.5. The molecule has 1 aliphatic carbocycles. The van der Waals surface area contributed by atoms with Gasteiger partial charge in [0.15, 0.2) is 70.4 Å². The van der Waals surface area contributed by atoms with Gasteiger partial charge in [-0.25, -0.2) is 9.97 Å². The molecule has 8 heterocycles. The Morgan fingerprint density at radius 3 is 0.667 bits per heavy atom. The fourth-order valence-electron chi connectivity index (χ4n) is 15.6. The van der Waals surface area contributed by atoms with Gasteiger partial charge in [0.2, 0.25) is 0 Å². The van der Waals surface area contributed by atoms with Crippen molar-refractivity contribution in [2.75, 3.05) is 26.4 Å². The molecular weight excluding hydrogens is 1190 g/mol. The molecule has 0 saturated carbocycles. The standard InChI is InChI=1S/C84H54N4O8/c1-2-18-46-34-54-53(33-45(46)17-1)77-73(69-41-89-61-25-9-13-29-65(61)93-69)79-55-35-47-19-3-4-20-48(47)36-56(55)81(86-79)75(71-43-91-63-27-11-15-31-67(63)95-71)83-59-39-51-23-7-8-24-52(51)40-60(59)84(88-83)76(72-44-92-64-28-12-16-32-68(64)96-72)82-58-38-50-22-6-5-21-49(50)37-57(58)80(87-82)74(78(54)85-77)70-42-90-62-26-10-14-30-66(62)94-70/h1-40,69-72,85,88H,41-44H2. The topological polar surface area (TPSA) is 131 Å². The molecule has 12 aromatic carbocycles. The lowest BCUT2D eigenvalue weighted by molar-refractivity contribution is 0.0918. The van der Waals surface area contributed by atoms with Crippen molar-refractivity contribution in [2.45, 2.75) is 24.4 Å². The van der Waals surface area contributed by atoms with Crippen molar-refractivity contribution in [3.05, 3.63) is 265 Å². The molecule has 12 heteroatoms. The lowest BCUT2D eigenvalue weighted by atomic mass is 9.92. The van der Waals surface area contributed by atoms with E-state index in [4.69, 9.17) is 47.9 Å². The summed E-state index contributed by atoms with van der Waals surface area (Å²) < 4.78 is 57.1. The van der Waals surface area contributed by atoms with Gasteiger partial charge in [0, 0.05) is 66.1 Å². The Labute approximate surface area is 548 Å². The molecule has 0 radical (unpaired) electrons. The quantitative estimate of drug-likeness (QED) is 0.176. The number of fused-ring (bicyclic) bond motifs is 8. The average molecular weight is 1250 g/mol. The highest BCUT2D eigenvalue weighted by molar-refractivity contribution is 6.19. The van der Waals surface area contributed by atoms with E-state index in [1.54, 1.807) is 0 Å². The van der Waals surface area contributed by atoms with Crippen LogP contribution in [0.5, 0.6) is 46.0 Å². The smallest absolute Gasteiger partial charge is 0.162 e. The number of hydrogen-bond acceptors (Lipinski definition) is 10. The van der Waals surface area contributed by atoms with Gasteiger partial charge in [0.05, 0.1) is 44.8 Å². The molecule has 7 aliphatic rings. The van der Waals surface area contributed by atoms with Crippen molar-refractivity contribution in [3.8, 4) is 91.0 Å². The van der Waals surface area contributed by atoms with E-state index in [9.17, 15) is 0 Å². The number of ether oxygens (including phenoxy) is 8. The van der Waals surface area contributed by atoms with Gasteiger partial charge in [-0.1, -0.05) is 146 Å². The second-order valence-electron chi connectivity index (χ2n) is 25.5. The lowest BCUT2D eigenvalue weighted by Crippen LogP contribution is -2.23. The maximum atomic E-state index is 7.41. The summed E-state index contributed by atoms with van der Waals surface area (Å²) in [6.07, 6.45) is -2.86. The van der Waals surface area contributed by atoms with Crippen LogP contribution in [0.15, 0.2) is 243 Å². The summed E-state index contributed by atoms with van der Waals surface area (Å²) >= 11 is 0. The summed E-state index contributed by atoms with van der Waals surface area (Å²) in [6.45, 7) is 0.691. The van der Waals surface area contributed by atoms with Gasteiger partial charge in [0.1, 0.15) is 26.4 Å². The first kappa shape index (κ1) is 53.3. The van der Waals surface area contributed by atoms with Crippen LogP contribution in [0.1, 0.15) is 46.7 Å². The second kappa shape index (κ2) is 20.6. The molecule has 4 unspecified atom stereocenters.